The van der Waals surface area contributed by atoms with Crippen LogP contribution in [-0.2, 0) is 16.1 Å². The van der Waals surface area contributed by atoms with E-state index in [9.17, 15) is 4.79 Å². The van der Waals surface area contributed by atoms with E-state index < -0.39 is 12.1 Å². The Balaban J connectivity index is 1.86. The number of rotatable bonds is 4. The van der Waals surface area contributed by atoms with Crippen molar-refractivity contribution in [1.29, 1.82) is 0 Å². The number of aliphatic carboxylic acids is 1. The van der Waals surface area contributed by atoms with Gasteiger partial charge in [0.05, 0.1) is 13.7 Å². The zero-order valence-corrected chi connectivity index (χ0v) is 12.5. The Kier molecular flexibility index (Phi) is 4.27. The fourth-order valence-corrected chi connectivity index (χ4v) is 2.89. The lowest BCUT2D eigenvalue weighted by molar-refractivity contribution is -0.156. The second-order valence-corrected chi connectivity index (χ2v) is 5.41. The van der Waals surface area contributed by atoms with Gasteiger partial charge in [0.1, 0.15) is 5.75 Å². The van der Waals surface area contributed by atoms with Gasteiger partial charge in [-0.15, -0.1) is 0 Å². The van der Waals surface area contributed by atoms with Crippen molar-refractivity contribution >= 4 is 16.7 Å². The Morgan fingerprint density at radius 3 is 2.82 bits per heavy atom. The van der Waals surface area contributed by atoms with Crippen LogP contribution in [0.1, 0.15) is 5.56 Å². The molecule has 0 saturated carbocycles. The van der Waals surface area contributed by atoms with Crippen LogP contribution in [0, 0.1) is 0 Å². The molecule has 1 aliphatic rings. The highest BCUT2D eigenvalue weighted by atomic mass is 16.5. The second-order valence-electron chi connectivity index (χ2n) is 5.41. The predicted molar refractivity (Wildman–Crippen MR) is 83.2 cm³/mol. The summed E-state index contributed by atoms with van der Waals surface area (Å²) in [5.41, 5.74) is 1.17. The Labute approximate surface area is 129 Å². The SMILES string of the molecule is COc1ccc(CN2CCOC(C(=O)O)C2)c2ccccc12. The number of fused-ring (bicyclic) bond motifs is 1. The minimum Gasteiger partial charge on any atom is -0.496 e. The number of carboxylic acids is 1. The second kappa shape index (κ2) is 6.34. The maximum Gasteiger partial charge on any atom is 0.334 e. The first-order valence-electron chi connectivity index (χ1n) is 7.30. The van der Waals surface area contributed by atoms with Gasteiger partial charge >= 0.3 is 5.97 Å². The third-order valence-corrected chi connectivity index (χ3v) is 4.01. The molecule has 1 N–H and O–H groups in total. The van der Waals surface area contributed by atoms with Crippen molar-refractivity contribution in [3.63, 3.8) is 0 Å². The third-order valence-electron chi connectivity index (χ3n) is 4.01. The van der Waals surface area contributed by atoms with Gasteiger partial charge in [-0.1, -0.05) is 30.3 Å². The van der Waals surface area contributed by atoms with E-state index in [0.29, 0.717) is 19.7 Å². The molecule has 0 bridgehead atoms. The molecular weight excluding hydrogens is 282 g/mol. The highest BCUT2D eigenvalue weighted by Gasteiger charge is 2.26. The molecule has 116 valence electrons. The first-order chi connectivity index (χ1) is 10.7. The average Bonchev–Trinajstić information content (AvgIpc) is 2.55. The molecule has 1 saturated heterocycles. The van der Waals surface area contributed by atoms with Gasteiger partial charge in [0.2, 0.25) is 0 Å². The summed E-state index contributed by atoms with van der Waals surface area (Å²) in [6.07, 6.45) is -0.738. The Morgan fingerprint density at radius 2 is 2.09 bits per heavy atom. The molecular formula is C17H19NO4. The van der Waals surface area contributed by atoms with Gasteiger partial charge < -0.3 is 14.6 Å². The monoisotopic (exact) mass is 301 g/mol. The normalized spacial score (nSPS) is 19.2. The van der Waals surface area contributed by atoms with Gasteiger partial charge in [-0.25, -0.2) is 4.79 Å². The smallest absolute Gasteiger partial charge is 0.334 e. The lowest BCUT2D eigenvalue weighted by atomic mass is 10.0. The molecule has 22 heavy (non-hydrogen) atoms. The van der Waals surface area contributed by atoms with Crippen LogP contribution in [-0.4, -0.2) is 48.9 Å². The van der Waals surface area contributed by atoms with E-state index in [1.54, 1.807) is 7.11 Å². The van der Waals surface area contributed by atoms with Gasteiger partial charge in [0.15, 0.2) is 6.10 Å². The number of benzene rings is 2. The minimum atomic E-state index is -0.899. The summed E-state index contributed by atoms with van der Waals surface area (Å²) < 4.78 is 10.7. The summed E-state index contributed by atoms with van der Waals surface area (Å²) in [4.78, 5) is 13.2. The highest BCUT2D eigenvalue weighted by Crippen LogP contribution is 2.29. The molecule has 1 unspecified atom stereocenters. The quantitative estimate of drug-likeness (QED) is 0.937. The maximum atomic E-state index is 11.1. The standard InChI is InChI=1S/C17H19NO4/c1-21-15-7-6-12(13-4-2-3-5-14(13)15)10-18-8-9-22-16(11-18)17(19)20/h2-7,16H,8-11H2,1H3,(H,19,20). The van der Waals surface area contributed by atoms with Crippen molar-refractivity contribution in [2.24, 2.45) is 0 Å². The Morgan fingerprint density at radius 1 is 1.32 bits per heavy atom. The molecule has 0 aromatic heterocycles. The summed E-state index contributed by atoms with van der Waals surface area (Å²) >= 11 is 0. The van der Waals surface area contributed by atoms with E-state index >= 15 is 0 Å². The molecule has 0 aliphatic carbocycles. The molecule has 0 amide bonds. The lowest BCUT2D eigenvalue weighted by Crippen LogP contribution is -2.45. The van der Waals surface area contributed by atoms with Gasteiger partial charge in [-0.2, -0.15) is 0 Å². The Hall–Kier alpha value is -2.11. The fraction of sp³-hybridized carbons (Fsp3) is 0.353. The first kappa shape index (κ1) is 14.8. The number of morpholine rings is 1. The number of hydrogen-bond donors (Lipinski definition) is 1. The van der Waals surface area contributed by atoms with E-state index in [1.165, 1.54) is 5.56 Å². The summed E-state index contributed by atoms with van der Waals surface area (Å²) in [5.74, 6) is -0.0472. The molecule has 2 aromatic rings. The molecule has 5 heteroatoms. The molecule has 3 rings (SSSR count). The van der Waals surface area contributed by atoms with Crippen LogP contribution in [0.5, 0.6) is 5.75 Å². The summed E-state index contributed by atoms with van der Waals surface area (Å²) in [6.45, 7) is 2.31. The van der Waals surface area contributed by atoms with Gasteiger partial charge in [-0.05, 0) is 17.0 Å². The minimum absolute atomic E-state index is 0.412. The van der Waals surface area contributed by atoms with Crippen LogP contribution >= 0.6 is 0 Å². The number of carboxylic acid groups (broad SMARTS) is 1. The van der Waals surface area contributed by atoms with Crippen LogP contribution in [0.3, 0.4) is 0 Å². The first-order valence-corrected chi connectivity index (χ1v) is 7.30. The summed E-state index contributed by atoms with van der Waals surface area (Å²) in [6, 6.07) is 12.1. The van der Waals surface area contributed by atoms with E-state index in [-0.39, 0.29) is 0 Å². The molecule has 1 heterocycles. The number of nitrogens with zero attached hydrogens (tertiary/aromatic N) is 1. The molecule has 5 nitrogen and oxygen atoms in total. The predicted octanol–water partition coefficient (Wildman–Crippen LogP) is 2.13. The highest BCUT2D eigenvalue weighted by molar-refractivity contribution is 5.91. The molecule has 0 spiro atoms. The molecule has 1 atom stereocenters. The van der Waals surface area contributed by atoms with Crippen LogP contribution in [0.25, 0.3) is 10.8 Å². The average molecular weight is 301 g/mol. The van der Waals surface area contributed by atoms with Crippen LogP contribution < -0.4 is 4.74 Å². The Bertz CT molecular complexity index is 685. The number of hydrogen-bond acceptors (Lipinski definition) is 4. The van der Waals surface area contributed by atoms with E-state index in [1.807, 2.05) is 30.3 Å². The van der Waals surface area contributed by atoms with Crippen molar-refractivity contribution in [3.05, 3.63) is 42.0 Å². The third kappa shape index (κ3) is 2.91. The van der Waals surface area contributed by atoms with Crippen molar-refractivity contribution in [3.8, 4) is 5.75 Å². The largest absolute Gasteiger partial charge is 0.496 e. The van der Waals surface area contributed by atoms with Gasteiger partial charge in [-0.3, -0.25) is 4.90 Å². The lowest BCUT2D eigenvalue weighted by Gasteiger charge is -2.31. The maximum absolute atomic E-state index is 11.1. The number of carbonyl (C=O) groups is 1. The van der Waals surface area contributed by atoms with Crippen molar-refractivity contribution in [2.45, 2.75) is 12.6 Å². The summed E-state index contributed by atoms with van der Waals surface area (Å²) in [5, 5.41) is 11.3. The zero-order chi connectivity index (χ0) is 15.5. The van der Waals surface area contributed by atoms with Gasteiger partial charge in [0.25, 0.3) is 0 Å². The molecule has 0 radical (unpaired) electrons. The molecule has 1 fully saturated rings. The van der Waals surface area contributed by atoms with Crippen LogP contribution in [0.4, 0.5) is 0 Å². The van der Waals surface area contributed by atoms with E-state index in [2.05, 4.69) is 11.0 Å². The molecule has 1 aliphatic heterocycles. The number of ether oxygens (including phenoxy) is 2. The van der Waals surface area contributed by atoms with Crippen LogP contribution in [0.15, 0.2) is 36.4 Å². The molecule has 2 aromatic carbocycles. The van der Waals surface area contributed by atoms with Gasteiger partial charge in [0, 0.05) is 25.0 Å². The van der Waals surface area contributed by atoms with Crippen molar-refractivity contribution in [2.75, 3.05) is 26.8 Å². The number of methoxy groups -OCH3 is 1. The zero-order valence-electron chi connectivity index (χ0n) is 12.5. The topological polar surface area (TPSA) is 59.0 Å². The summed E-state index contributed by atoms with van der Waals surface area (Å²) in [7, 11) is 1.67. The van der Waals surface area contributed by atoms with Crippen molar-refractivity contribution < 1.29 is 19.4 Å². The van der Waals surface area contributed by atoms with Crippen LogP contribution in [0.2, 0.25) is 0 Å². The van der Waals surface area contributed by atoms with E-state index in [4.69, 9.17) is 14.6 Å². The van der Waals surface area contributed by atoms with E-state index in [0.717, 1.165) is 23.1 Å². The fourth-order valence-electron chi connectivity index (χ4n) is 2.89. The van der Waals surface area contributed by atoms with Crippen molar-refractivity contribution in [1.82, 2.24) is 4.90 Å².